The van der Waals surface area contributed by atoms with Gasteiger partial charge in [-0.15, -0.1) is 6.58 Å². The Morgan fingerprint density at radius 3 is 2.82 bits per heavy atom. The standard InChI is InChI=1S/C14H18N2S/c1-2-10-16(14-15-9-6-11-17-14)12-13-7-4-3-5-8-13/h2-5,7-8H,1,6,9-12H2. The van der Waals surface area contributed by atoms with Crippen LogP contribution in [0.1, 0.15) is 12.0 Å². The predicted octanol–water partition coefficient (Wildman–Crippen LogP) is 3.17. The van der Waals surface area contributed by atoms with Crippen molar-refractivity contribution in [2.75, 3.05) is 18.8 Å². The average Bonchev–Trinajstić information content (AvgIpc) is 2.40. The summed E-state index contributed by atoms with van der Waals surface area (Å²) in [5.74, 6) is 1.18. The molecule has 0 N–H and O–H groups in total. The van der Waals surface area contributed by atoms with Crippen molar-refractivity contribution in [1.29, 1.82) is 0 Å². The molecule has 0 bridgehead atoms. The Morgan fingerprint density at radius 1 is 1.35 bits per heavy atom. The highest BCUT2D eigenvalue weighted by molar-refractivity contribution is 8.13. The summed E-state index contributed by atoms with van der Waals surface area (Å²) in [5.41, 5.74) is 1.32. The number of rotatable bonds is 4. The molecule has 0 saturated heterocycles. The van der Waals surface area contributed by atoms with E-state index in [0.29, 0.717) is 0 Å². The summed E-state index contributed by atoms with van der Waals surface area (Å²) in [6, 6.07) is 10.5. The van der Waals surface area contributed by atoms with E-state index >= 15 is 0 Å². The van der Waals surface area contributed by atoms with E-state index in [1.54, 1.807) is 0 Å². The van der Waals surface area contributed by atoms with E-state index in [2.05, 4.69) is 40.7 Å². The summed E-state index contributed by atoms with van der Waals surface area (Å²) >= 11 is 1.86. The van der Waals surface area contributed by atoms with E-state index in [-0.39, 0.29) is 0 Å². The number of aliphatic imine (C=N–C) groups is 1. The van der Waals surface area contributed by atoms with Crippen LogP contribution < -0.4 is 0 Å². The van der Waals surface area contributed by atoms with Crippen LogP contribution in [-0.2, 0) is 6.54 Å². The first-order chi connectivity index (χ1) is 8.40. The van der Waals surface area contributed by atoms with Gasteiger partial charge in [-0.3, -0.25) is 4.99 Å². The highest BCUT2D eigenvalue weighted by Crippen LogP contribution is 2.18. The molecular weight excluding hydrogens is 228 g/mol. The Kier molecular flexibility index (Phi) is 4.68. The lowest BCUT2D eigenvalue weighted by Gasteiger charge is -2.26. The zero-order valence-electron chi connectivity index (χ0n) is 10.0. The lowest BCUT2D eigenvalue weighted by Crippen LogP contribution is -2.30. The molecular formula is C14H18N2S. The molecule has 1 aliphatic rings. The van der Waals surface area contributed by atoms with Crippen molar-refractivity contribution in [2.24, 2.45) is 4.99 Å². The summed E-state index contributed by atoms with van der Waals surface area (Å²) in [4.78, 5) is 6.90. The van der Waals surface area contributed by atoms with Crippen LogP contribution in [0.4, 0.5) is 0 Å². The summed E-state index contributed by atoms with van der Waals surface area (Å²) in [5, 5.41) is 1.17. The van der Waals surface area contributed by atoms with Crippen LogP contribution >= 0.6 is 11.8 Å². The normalized spacial score (nSPS) is 15.2. The predicted molar refractivity (Wildman–Crippen MR) is 76.4 cm³/mol. The van der Waals surface area contributed by atoms with Gasteiger partial charge in [0.05, 0.1) is 0 Å². The van der Waals surface area contributed by atoms with Gasteiger partial charge in [0.1, 0.15) is 0 Å². The maximum absolute atomic E-state index is 4.60. The third kappa shape index (κ3) is 3.63. The van der Waals surface area contributed by atoms with Gasteiger partial charge < -0.3 is 4.90 Å². The van der Waals surface area contributed by atoms with Crippen LogP contribution in [0.25, 0.3) is 0 Å². The zero-order valence-corrected chi connectivity index (χ0v) is 10.8. The number of thioether (sulfide) groups is 1. The second-order valence-corrected chi connectivity index (χ2v) is 5.08. The number of amidine groups is 1. The maximum atomic E-state index is 4.60. The molecule has 1 aromatic carbocycles. The maximum Gasteiger partial charge on any atom is 0.159 e. The molecule has 0 atom stereocenters. The molecule has 0 unspecified atom stereocenters. The number of hydrogen-bond acceptors (Lipinski definition) is 3. The van der Waals surface area contributed by atoms with Crippen molar-refractivity contribution in [3.05, 3.63) is 48.6 Å². The van der Waals surface area contributed by atoms with Crippen molar-refractivity contribution in [3.63, 3.8) is 0 Å². The first-order valence-electron chi connectivity index (χ1n) is 5.97. The van der Waals surface area contributed by atoms with E-state index in [9.17, 15) is 0 Å². The van der Waals surface area contributed by atoms with E-state index in [1.807, 2.05) is 23.9 Å². The highest BCUT2D eigenvalue weighted by Gasteiger charge is 2.13. The van der Waals surface area contributed by atoms with Gasteiger partial charge in [-0.05, 0) is 12.0 Å². The van der Waals surface area contributed by atoms with Crippen molar-refractivity contribution in [3.8, 4) is 0 Å². The molecule has 2 nitrogen and oxygen atoms in total. The molecule has 1 aliphatic heterocycles. The first-order valence-corrected chi connectivity index (χ1v) is 6.96. The van der Waals surface area contributed by atoms with Gasteiger partial charge >= 0.3 is 0 Å². The van der Waals surface area contributed by atoms with E-state index in [1.165, 1.54) is 22.9 Å². The molecule has 0 radical (unpaired) electrons. The summed E-state index contributed by atoms with van der Waals surface area (Å²) in [6.45, 7) is 6.57. The topological polar surface area (TPSA) is 15.6 Å². The molecule has 0 aliphatic carbocycles. The molecule has 1 aromatic rings. The zero-order chi connectivity index (χ0) is 11.9. The van der Waals surface area contributed by atoms with Crippen LogP contribution in [0, 0.1) is 0 Å². The van der Waals surface area contributed by atoms with Crippen molar-refractivity contribution >= 4 is 16.9 Å². The van der Waals surface area contributed by atoms with E-state index < -0.39 is 0 Å². The third-order valence-electron chi connectivity index (χ3n) is 2.62. The number of nitrogens with zero attached hydrogens (tertiary/aromatic N) is 2. The van der Waals surface area contributed by atoms with Gasteiger partial charge in [0, 0.05) is 25.4 Å². The SMILES string of the molecule is C=CCN(Cc1ccccc1)C1=NCCCS1. The van der Waals surface area contributed by atoms with Gasteiger partial charge in [0.15, 0.2) is 5.17 Å². The quantitative estimate of drug-likeness (QED) is 0.758. The third-order valence-corrected chi connectivity index (χ3v) is 3.76. The van der Waals surface area contributed by atoms with Gasteiger partial charge in [-0.2, -0.15) is 0 Å². The lowest BCUT2D eigenvalue weighted by atomic mass is 10.2. The fraction of sp³-hybridized carbons (Fsp3) is 0.357. The van der Waals surface area contributed by atoms with Crippen LogP contribution in [-0.4, -0.2) is 28.9 Å². The molecule has 90 valence electrons. The molecule has 2 rings (SSSR count). The monoisotopic (exact) mass is 246 g/mol. The fourth-order valence-electron chi connectivity index (χ4n) is 1.81. The van der Waals surface area contributed by atoms with Gasteiger partial charge in [0.25, 0.3) is 0 Å². The Bertz CT molecular complexity index is 386. The second kappa shape index (κ2) is 6.50. The second-order valence-electron chi connectivity index (χ2n) is 4.02. The Balaban J connectivity index is 2.06. The van der Waals surface area contributed by atoms with Crippen LogP contribution in [0.15, 0.2) is 48.0 Å². The summed E-state index contributed by atoms with van der Waals surface area (Å²) < 4.78 is 0. The Hall–Kier alpha value is -1.22. The van der Waals surface area contributed by atoms with Crippen molar-refractivity contribution < 1.29 is 0 Å². The minimum atomic E-state index is 0.862. The van der Waals surface area contributed by atoms with E-state index in [4.69, 9.17) is 0 Å². The Morgan fingerprint density at radius 2 is 2.18 bits per heavy atom. The minimum Gasteiger partial charge on any atom is -0.343 e. The summed E-state index contributed by atoms with van der Waals surface area (Å²) in [6.07, 6.45) is 3.14. The molecule has 0 fully saturated rings. The van der Waals surface area contributed by atoms with Crippen LogP contribution in [0.3, 0.4) is 0 Å². The van der Waals surface area contributed by atoms with Crippen LogP contribution in [0.5, 0.6) is 0 Å². The Labute approximate surface area is 107 Å². The molecule has 3 heteroatoms. The fourth-order valence-corrected chi connectivity index (χ4v) is 2.77. The molecule has 0 aromatic heterocycles. The molecule has 0 amide bonds. The minimum absolute atomic E-state index is 0.862. The summed E-state index contributed by atoms with van der Waals surface area (Å²) in [7, 11) is 0. The van der Waals surface area contributed by atoms with E-state index in [0.717, 1.165) is 19.6 Å². The van der Waals surface area contributed by atoms with Crippen LogP contribution in [0.2, 0.25) is 0 Å². The average molecular weight is 246 g/mol. The van der Waals surface area contributed by atoms with Crippen molar-refractivity contribution in [2.45, 2.75) is 13.0 Å². The highest BCUT2D eigenvalue weighted by atomic mass is 32.2. The lowest BCUT2D eigenvalue weighted by molar-refractivity contribution is 0.463. The first kappa shape index (κ1) is 12.2. The molecule has 0 saturated carbocycles. The smallest absolute Gasteiger partial charge is 0.159 e. The largest absolute Gasteiger partial charge is 0.343 e. The molecule has 17 heavy (non-hydrogen) atoms. The van der Waals surface area contributed by atoms with Gasteiger partial charge in [-0.25, -0.2) is 0 Å². The molecule has 1 heterocycles. The molecule has 0 spiro atoms. The van der Waals surface area contributed by atoms with Gasteiger partial charge in [0.2, 0.25) is 0 Å². The number of hydrogen-bond donors (Lipinski definition) is 0. The van der Waals surface area contributed by atoms with Gasteiger partial charge in [-0.1, -0.05) is 48.2 Å². The number of benzene rings is 1. The van der Waals surface area contributed by atoms with Crippen molar-refractivity contribution in [1.82, 2.24) is 4.90 Å².